The van der Waals surface area contributed by atoms with Crippen LogP contribution in [0.5, 0.6) is 0 Å². The second-order valence-corrected chi connectivity index (χ2v) is 7.61. The summed E-state index contributed by atoms with van der Waals surface area (Å²) < 4.78 is 5.66. The summed E-state index contributed by atoms with van der Waals surface area (Å²) in [5, 5.41) is 9.34. The molecule has 1 saturated carbocycles. The number of nitrogens with two attached hydrogens (primary N) is 1. The summed E-state index contributed by atoms with van der Waals surface area (Å²) in [7, 11) is 0. The van der Waals surface area contributed by atoms with Crippen LogP contribution >= 0.6 is 0 Å². The zero-order chi connectivity index (χ0) is 19.0. The fraction of sp³-hybridized carbons (Fsp3) is 0.364. The predicted molar refractivity (Wildman–Crippen MR) is 101 cm³/mol. The molecule has 1 fully saturated rings. The largest absolute Gasteiger partial charge is 0.480 e. The second-order valence-electron chi connectivity index (χ2n) is 7.61. The number of ether oxygens (including phenoxy) is 1. The third-order valence-corrected chi connectivity index (χ3v) is 5.90. The molecule has 0 saturated heterocycles. The van der Waals surface area contributed by atoms with E-state index in [0.29, 0.717) is 19.3 Å². The maximum atomic E-state index is 12.6. The average molecular weight is 365 g/mol. The van der Waals surface area contributed by atoms with Gasteiger partial charge in [0.2, 0.25) is 0 Å². The number of hydrogen-bond donors (Lipinski definition) is 2. The van der Waals surface area contributed by atoms with Crippen LogP contribution in [0.4, 0.5) is 0 Å². The van der Waals surface area contributed by atoms with Gasteiger partial charge in [-0.05, 0) is 41.5 Å². The molecule has 27 heavy (non-hydrogen) atoms. The first-order valence-corrected chi connectivity index (χ1v) is 9.37. The van der Waals surface area contributed by atoms with Crippen molar-refractivity contribution in [2.45, 2.75) is 37.1 Å². The molecule has 3 N–H and O–H groups in total. The van der Waals surface area contributed by atoms with Crippen molar-refractivity contribution in [2.75, 3.05) is 6.61 Å². The van der Waals surface area contributed by atoms with Crippen molar-refractivity contribution in [3.05, 3.63) is 59.7 Å². The fourth-order valence-electron chi connectivity index (χ4n) is 4.43. The number of carboxylic acid groups (broad SMARTS) is 1. The third kappa shape index (κ3) is 3.12. The van der Waals surface area contributed by atoms with Crippen LogP contribution in [0.2, 0.25) is 0 Å². The van der Waals surface area contributed by atoms with Gasteiger partial charge in [-0.25, -0.2) is 0 Å². The quantitative estimate of drug-likeness (QED) is 0.812. The minimum absolute atomic E-state index is 0.00653. The molecule has 2 atom stereocenters. The van der Waals surface area contributed by atoms with Gasteiger partial charge in [0, 0.05) is 5.92 Å². The molecule has 2 aromatic carbocycles. The Morgan fingerprint density at radius 1 is 1.07 bits per heavy atom. The van der Waals surface area contributed by atoms with E-state index in [-0.39, 0.29) is 24.9 Å². The lowest BCUT2D eigenvalue weighted by Crippen LogP contribution is -2.52. The first-order chi connectivity index (χ1) is 13.0. The Balaban J connectivity index is 1.49. The molecule has 0 radical (unpaired) electrons. The monoisotopic (exact) mass is 365 g/mol. The van der Waals surface area contributed by atoms with Crippen molar-refractivity contribution < 1.29 is 19.4 Å². The Bertz CT molecular complexity index is 848. The van der Waals surface area contributed by atoms with Crippen molar-refractivity contribution in [1.29, 1.82) is 0 Å². The lowest BCUT2D eigenvalue weighted by Gasteiger charge is -2.33. The van der Waals surface area contributed by atoms with E-state index in [4.69, 9.17) is 10.5 Å². The van der Waals surface area contributed by atoms with Crippen molar-refractivity contribution >= 4 is 11.9 Å². The standard InChI is InChI=1S/C22H23NO4/c23-22(21(25)26)11-5-6-14(12-22)20(24)27-13-19-17-9-3-1-7-15(17)16-8-2-4-10-18(16)19/h1-4,7-10,14,19H,5-6,11-13,23H2,(H,25,26). The molecule has 2 aliphatic carbocycles. The van der Waals surface area contributed by atoms with Gasteiger partial charge in [0.05, 0.1) is 5.92 Å². The third-order valence-electron chi connectivity index (χ3n) is 5.90. The molecule has 0 amide bonds. The molecule has 4 rings (SSSR count). The van der Waals surface area contributed by atoms with E-state index in [2.05, 4.69) is 24.3 Å². The normalized spacial score (nSPS) is 24.1. The highest BCUT2D eigenvalue weighted by molar-refractivity contribution is 5.81. The van der Waals surface area contributed by atoms with Gasteiger partial charge in [-0.3, -0.25) is 9.59 Å². The van der Waals surface area contributed by atoms with E-state index < -0.39 is 17.4 Å². The Kier molecular flexibility index (Phi) is 4.48. The van der Waals surface area contributed by atoms with E-state index >= 15 is 0 Å². The summed E-state index contributed by atoms with van der Waals surface area (Å²) >= 11 is 0. The van der Waals surface area contributed by atoms with Crippen LogP contribution in [0.15, 0.2) is 48.5 Å². The molecule has 2 aliphatic rings. The van der Waals surface area contributed by atoms with Gasteiger partial charge < -0.3 is 15.6 Å². The van der Waals surface area contributed by atoms with E-state index in [9.17, 15) is 14.7 Å². The molecule has 0 aromatic heterocycles. The lowest BCUT2D eigenvalue weighted by atomic mass is 9.76. The van der Waals surface area contributed by atoms with Gasteiger partial charge in [0.1, 0.15) is 12.1 Å². The highest BCUT2D eigenvalue weighted by atomic mass is 16.5. The number of aliphatic carboxylic acids is 1. The van der Waals surface area contributed by atoms with Crippen molar-refractivity contribution in [1.82, 2.24) is 0 Å². The summed E-state index contributed by atoms with van der Waals surface area (Å²) in [6, 6.07) is 16.3. The number of benzene rings is 2. The average Bonchev–Trinajstić information content (AvgIpc) is 3.00. The molecule has 0 spiro atoms. The molecule has 2 unspecified atom stereocenters. The van der Waals surface area contributed by atoms with Crippen molar-refractivity contribution in [3.8, 4) is 11.1 Å². The Hall–Kier alpha value is -2.66. The molecular weight excluding hydrogens is 342 g/mol. The summed E-state index contributed by atoms with van der Waals surface area (Å²) in [6.07, 6.45) is 1.79. The van der Waals surface area contributed by atoms with E-state index in [0.717, 1.165) is 11.1 Å². The summed E-state index contributed by atoms with van der Waals surface area (Å²) in [5.41, 5.74) is 9.32. The zero-order valence-corrected chi connectivity index (χ0v) is 15.1. The predicted octanol–water partition coefficient (Wildman–Crippen LogP) is 3.31. The van der Waals surface area contributed by atoms with Crippen LogP contribution in [0.3, 0.4) is 0 Å². The van der Waals surface area contributed by atoms with Crippen LogP contribution in [-0.4, -0.2) is 29.2 Å². The highest BCUT2D eigenvalue weighted by Gasteiger charge is 2.42. The molecule has 2 aromatic rings. The SMILES string of the molecule is NC1(C(=O)O)CCCC(C(=O)OCC2c3ccccc3-c3ccccc32)C1. The zero-order valence-electron chi connectivity index (χ0n) is 15.1. The Labute approximate surface area is 158 Å². The molecule has 140 valence electrons. The van der Waals surface area contributed by atoms with Crippen LogP contribution in [0, 0.1) is 5.92 Å². The molecule has 5 heteroatoms. The van der Waals surface area contributed by atoms with Gasteiger partial charge in [-0.2, -0.15) is 0 Å². The maximum absolute atomic E-state index is 12.6. The highest BCUT2D eigenvalue weighted by Crippen LogP contribution is 2.44. The van der Waals surface area contributed by atoms with Crippen molar-refractivity contribution in [2.24, 2.45) is 11.7 Å². The number of carboxylic acids is 1. The molecule has 0 aliphatic heterocycles. The minimum Gasteiger partial charge on any atom is -0.480 e. The first-order valence-electron chi connectivity index (χ1n) is 9.37. The van der Waals surface area contributed by atoms with Crippen LogP contribution in [0.25, 0.3) is 11.1 Å². The molecule has 0 bridgehead atoms. The fourth-order valence-corrected chi connectivity index (χ4v) is 4.43. The number of rotatable bonds is 4. The topological polar surface area (TPSA) is 89.6 Å². The van der Waals surface area contributed by atoms with E-state index in [1.54, 1.807) is 0 Å². The summed E-state index contributed by atoms with van der Waals surface area (Å²) in [6.45, 7) is 0.258. The van der Waals surface area contributed by atoms with E-state index in [1.165, 1.54) is 11.1 Å². The van der Waals surface area contributed by atoms with Gasteiger partial charge in [-0.1, -0.05) is 55.0 Å². The molecular formula is C22H23NO4. The first kappa shape index (κ1) is 17.7. The van der Waals surface area contributed by atoms with Crippen LogP contribution in [0.1, 0.15) is 42.7 Å². The summed E-state index contributed by atoms with van der Waals surface area (Å²) in [4.78, 5) is 24.0. The van der Waals surface area contributed by atoms with E-state index in [1.807, 2.05) is 24.3 Å². The number of fused-ring (bicyclic) bond motifs is 3. The molecule has 5 nitrogen and oxygen atoms in total. The smallest absolute Gasteiger partial charge is 0.323 e. The lowest BCUT2D eigenvalue weighted by molar-refractivity contribution is -0.153. The van der Waals surface area contributed by atoms with Gasteiger partial charge in [0.15, 0.2) is 0 Å². The van der Waals surface area contributed by atoms with Gasteiger partial charge in [0.25, 0.3) is 0 Å². The Morgan fingerprint density at radius 3 is 2.26 bits per heavy atom. The number of carbonyl (C=O) groups excluding carboxylic acids is 1. The minimum atomic E-state index is -1.32. The van der Waals surface area contributed by atoms with Gasteiger partial charge in [-0.15, -0.1) is 0 Å². The van der Waals surface area contributed by atoms with Crippen molar-refractivity contribution in [3.63, 3.8) is 0 Å². The number of esters is 1. The number of hydrogen-bond acceptors (Lipinski definition) is 4. The van der Waals surface area contributed by atoms with Gasteiger partial charge >= 0.3 is 11.9 Å². The van der Waals surface area contributed by atoms with Crippen LogP contribution < -0.4 is 5.73 Å². The molecule has 0 heterocycles. The van der Waals surface area contributed by atoms with Crippen LogP contribution in [-0.2, 0) is 14.3 Å². The maximum Gasteiger partial charge on any atom is 0.323 e. The summed E-state index contributed by atoms with van der Waals surface area (Å²) in [5.74, 6) is -1.83. The second kappa shape index (κ2) is 6.82. The Morgan fingerprint density at radius 2 is 1.67 bits per heavy atom. The number of carbonyl (C=O) groups is 2.